The highest BCUT2D eigenvalue weighted by Crippen LogP contribution is 2.65. The SMILES string of the molecule is COC1c2[nH]c(=O)[nH]c(=O)c2C(C(F)F)=C(F)C1(c1cc2c(s1)CCC(F)(F)C2CN)C1CC1. The van der Waals surface area contributed by atoms with Crippen LogP contribution in [0.2, 0.25) is 0 Å². The van der Waals surface area contributed by atoms with Crippen molar-refractivity contribution >= 4 is 16.9 Å². The Balaban J connectivity index is 1.83. The first kappa shape index (κ1) is 23.4. The summed E-state index contributed by atoms with van der Waals surface area (Å²) in [7, 11) is 1.23. The minimum absolute atomic E-state index is 0.0437. The lowest BCUT2D eigenvalue weighted by molar-refractivity contribution is -0.0382. The summed E-state index contributed by atoms with van der Waals surface area (Å²) in [6.45, 7) is -0.327. The quantitative estimate of drug-likeness (QED) is 0.541. The summed E-state index contributed by atoms with van der Waals surface area (Å²) in [5.41, 5.74) is 0.0440. The lowest BCUT2D eigenvalue weighted by Crippen LogP contribution is -2.45. The van der Waals surface area contributed by atoms with Crippen LogP contribution in [0.15, 0.2) is 21.5 Å². The predicted molar refractivity (Wildman–Crippen MR) is 115 cm³/mol. The fourth-order valence-electron chi connectivity index (χ4n) is 5.64. The molecule has 3 aliphatic carbocycles. The van der Waals surface area contributed by atoms with Gasteiger partial charge in [0.1, 0.15) is 11.9 Å². The van der Waals surface area contributed by atoms with Crippen LogP contribution in [0.5, 0.6) is 0 Å². The molecule has 0 radical (unpaired) electrons. The molecule has 2 heterocycles. The second-order valence-corrected chi connectivity index (χ2v) is 10.2. The molecule has 0 bridgehead atoms. The third-order valence-corrected chi connectivity index (χ3v) is 8.61. The molecule has 1 saturated carbocycles. The van der Waals surface area contributed by atoms with E-state index in [9.17, 15) is 27.2 Å². The number of aryl methyl sites for hydroxylation is 1. The summed E-state index contributed by atoms with van der Waals surface area (Å²) in [6, 6.07) is 1.44. The molecule has 2 aromatic heterocycles. The molecular weight excluding hydrogens is 481 g/mol. The Hall–Kier alpha value is -2.31. The summed E-state index contributed by atoms with van der Waals surface area (Å²) >= 11 is 1.08. The van der Waals surface area contributed by atoms with Gasteiger partial charge in [0.2, 0.25) is 0 Å². The normalized spacial score (nSPS) is 28.2. The van der Waals surface area contributed by atoms with Gasteiger partial charge in [-0.3, -0.25) is 9.78 Å². The summed E-state index contributed by atoms with van der Waals surface area (Å²) in [5, 5.41) is 0. The van der Waals surface area contributed by atoms with Crippen LogP contribution in [-0.4, -0.2) is 36.0 Å². The monoisotopic (exact) mass is 503 g/mol. The van der Waals surface area contributed by atoms with Gasteiger partial charge < -0.3 is 15.5 Å². The van der Waals surface area contributed by atoms with Gasteiger partial charge in [0.05, 0.1) is 28.2 Å². The number of fused-ring (bicyclic) bond motifs is 2. The van der Waals surface area contributed by atoms with Crippen molar-refractivity contribution in [2.45, 2.75) is 55.5 Å². The van der Waals surface area contributed by atoms with Gasteiger partial charge in [-0.2, -0.15) is 0 Å². The number of thiophene rings is 1. The maximum atomic E-state index is 16.4. The number of alkyl halides is 4. The van der Waals surface area contributed by atoms with Crippen LogP contribution < -0.4 is 17.0 Å². The van der Waals surface area contributed by atoms with Gasteiger partial charge in [0.15, 0.2) is 0 Å². The Kier molecular flexibility index (Phi) is 5.41. The third kappa shape index (κ3) is 3.11. The number of nitrogens with one attached hydrogen (secondary N) is 2. The number of nitrogens with two attached hydrogens (primary N) is 1. The van der Waals surface area contributed by atoms with E-state index in [1.165, 1.54) is 13.2 Å². The van der Waals surface area contributed by atoms with Crippen molar-refractivity contribution in [2.24, 2.45) is 11.7 Å². The largest absolute Gasteiger partial charge is 0.374 e. The van der Waals surface area contributed by atoms with Gasteiger partial charge in [-0.1, -0.05) is 0 Å². The van der Waals surface area contributed by atoms with Gasteiger partial charge >= 0.3 is 5.69 Å². The number of aromatic nitrogens is 2. The fraction of sp³-hybridized carbons (Fsp3) is 0.545. The third-order valence-electron chi connectivity index (χ3n) is 7.25. The molecule has 5 rings (SSSR count). The van der Waals surface area contributed by atoms with Gasteiger partial charge in [-0.05, 0) is 36.8 Å². The van der Waals surface area contributed by atoms with E-state index in [1.807, 2.05) is 4.98 Å². The standard InChI is InChI=1S/C22H22F5N3O3S/c1-33-17-15-13(19(31)30-20(32)29-15)14(18(24)25)16(23)22(17,8-2-3-8)12-6-9-10(7-28)21(26,27)5-4-11(9)34-12/h6,8,10,17-18H,2-5,7,28H2,1H3,(H2,29,30,31,32). The number of halogens is 5. The Labute approximate surface area is 194 Å². The van der Waals surface area contributed by atoms with Crippen LogP contribution in [-0.2, 0) is 16.6 Å². The first-order chi connectivity index (χ1) is 16.1. The van der Waals surface area contributed by atoms with Gasteiger partial charge in [-0.25, -0.2) is 26.7 Å². The molecule has 4 N–H and O–H groups in total. The second-order valence-electron chi connectivity index (χ2n) is 9.02. The van der Waals surface area contributed by atoms with E-state index < -0.39 is 70.3 Å². The van der Waals surface area contributed by atoms with Crippen molar-refractivity contribution in [3.05, 3.63) is 59.3 Å². The Morgan fingerprint density at radius 2 is 1.97 bits per heavy atom. The zero-order valence-electron chi connectivity index (χ0n) is 18.0. The molecule has 0 aromatic carbocycles. The highest BCUT2D eigenvalue weighted by molar-refractivity contribution is 7.12. The van der Waals surface area contributed by atoms with E-state index in [4.69, 9.17) is 10.5 Å². The van der Waals surface area contributed by atoms with E-state index >= 15 is 4.39 Å². The molecule has 1 fully saturated rings. The minimum atomic E-state index is -3.36. The van der Waals surface area contributed by atoms with Gasteiger partial charge in [0.25, 0.3) is 17.9 Å². The minimum Gasteiger partial charge on any atom is -0.374 e. The van der Waals surface area contributed by atoms with Gasteiger partial charge in [0, 0.05) is 29.8 Å². The topological polar surface area (TPSA) is 101 Å². The summed E-state index contributed by atoms with van der Waals surface area (Å²) in [6.07, 6.45) is -4.10. The summed E-state index contributed by atoms with van der Waals surface area (Å²) in [5.74, 6) is -6.04. The number of aromatic amines is 2. The number of H-pyrrole nitrogens is 2. The first-order valence-corrected chi connectivity index (χ1v) is 11.7. The average Bonchev–Trinajstić information content (AvgIpc) is 3.51. The van der Waals surface area contributed by atoms with Crippen molar-refractivity contribution in [1.82, 2.24) is 9.97 Å². The molecular formula is C22H22F5N3O3S. The molecule has 2 aromatic rings. The molecule has 0 spiro atoms. The zero-order chi connectivity index (χ0) is 24.6. The maximum absolute atomic E-state index is 16.4. The zero-order valence-corrected chi connectivity index (χ0v) is 18.8. The number of rotatable bonds is 5. The lowest BCUT2D eigenvalue weighted by atomic mass is 9.67. The van der Waals surface area contributed by atoms with Crippen molar-refractivity contribution in [2.75, 3.05) is 13.7 Å². The average molecular weight is 503 g/mol. The van der Waals surface area contributed by atoms with E-state index in [2.05, 4.69) is 4.98 Å². The number of allylic oxidation sites excluding steroid dienone is 1. The molecule has 0 amide bonds. The number of methoxy groups -OCH3 is 1. The van der Waals surface area contributed by atoms with Crippen LogP contribution in [0.3, 0.4) is 0 Å². The number of ether oxygens (including phenoxy) is 1. The van der Waals surface area contributed by atoms with Crippen LogP contribution in [0.25, 0.3) is 5.57 Å². The predicted octanol–water partition coefficient (Wildman–Crippen LogP) is 3.74. The fourth-order valence-corrected chi connectivity index (χ4v) is 7.15. The molecule has 0 aliphatic heterocycles. The maximum Gasteiger partial charge on any atom is 0.326 e. The molecule has 12 heteroatoms. The molecule has 184 valence electrons. The van der Waals surface area contributed by atoms with Gasteiger partial charge in [-0.15, -0.1) is 11.3 Å². The second kappa shape index (κ2) is 7.85. The van der Waals surface area contributed by atoms with Crippen molar-refractivity contribution in [3.8, 4) is 0 Å². The van der Waals surface area contributed by atoms with Crippen molar-refractivity contribution in [1.29, 1.82) is 0 Å². The van der Waals surface area contributed by atoms with Crippen LogP contribution in [0.4, 0.5) is 22.0 Å². The Morgan fingerprint density at radius 1 is 1.26 bits per heavy atom. The molecule has 3 unspecified atom stereocenters. The molecule has 6 nitrogen and oxygen atoms in total. The Bertz CT molecular complexity index is 1300. The van der Waals surface area contributed by atoms with Crippen LogP contribution in [0, 0.1) is 5.92 Å². The summed E-state index contributed by atoms with van der Waals surface area (Å²) in [4.78, 5) is 29.7. The molecule has 3 atom stereocenters. The molecule has 0 saturated heterocycles. The van der Waals surface area contributed by atoms with E-state index in [0.29, 0.717) is 17.7 Å². The smallest absolute Gasteiger partial charge is 0.326 e. The highest BCUT2D eigenvalue weighted by Gasteiger charge is 2.62. The van der Waals surface area contributed by atoms with E-state index in [1.54, 1.807) is 0 Å². The molecule has 3 aliphatic rings. The number of hydrogen-bond donors (Lipinski definition) is 3. The summed E-state index contributed by atoms with van der Waals surface area (Å²) < 4.78 is 79.7. The van der Waals surface area contributed by atoms with E-state index in [0.717, 1.165) is 11.3 Å². The Morgan fingerprint density at radius 3 is 2.56 bits per heavy atom. The van der Waals surface area contributed by atoms with Crippen LogP contribution >= 0.6 is 11.3 Å². The highest BCUT2D eigenvalue weighted by atomic mass is 32.1. The first-order valence-electron chi connectivity index (χ1n) is 10.9. The van der Waals surface area contributed by atoms with Crippen molar-refractivity contribution in [3.63, 3.8) is 0 Å². The molecule has 34 heavy (non-hydrogen) atoms. The van der Waals surface area contributed by atoms with Crippen molar-refractivity contribution < 1.29 is 26.7 Å². The lowest BCUT2D eigenvalue weighted by Gasteiger charge is -2.43. The van der Waals surface area contributed by atoms with E-state index in [-0.39, 0.29) is 29.1 Å². The van der Waals surface area contributed by atoms with Crippen LogP contribution in [0.1, 0.15) is 57.9 Å². The number of hydrogen-bond acceptors (Lipinski definition) is 5.